The Hall–Kier alpha value is -0.570. The first kappa shape index (κ1) is 9.52. The number of rotatable bonds is 3. The van der Waals surface area contributed by atoms with E-state index in [0.29, 0.717) is 6.42 Å². The molecule has 1 heterocycles. The molecule has 2 atom stereocenters. The van der Waals surface area contributed by atoms with Crippen LogP contribution in [0.5, 0.6) is 0 Å². The molecule has 70 valence electrons. The largest absolute Gasteiger partial charge is 0.459 e. The Kier molecular flexibility index (Phi) is 2.73. The van der Waals surface area contributed by atoms with Crippen LogP contribution in [-0.4, -0.2) is 23.8 Å². The highest BCUT2D eigenvalue weighted by atomic mass is 16.6. The number of carbonyl (C=O) groups is 1. The molecule has 3 heteroatoms. The van der Waals surface area contributed by atoms with E-state index in [0.717, 1.165) is 12.8 Å². The van der Waals surface area contributed by atoms with Gasteiger partial charge in [-0.1, -0.05) is 13.3 Å². The average Bonchev–Trinajstić information content (AvgIpc) is 2.29. The second-order valence-electron chi connectivity index (χ2n) is 3.72. The molecule has 0 amide bonds. The van der Waals surface area contributed by atoms with Crippen LogP contribution in [0.3, 0.4) is 0 Å². The highest BCUT2D eigenvalue weighted by molar-refractivity contribution is 5.78. The fraction of sp³-hybridized carbons (Fsp3) is 0.889. The van der Waals surface area contributed by atoms with Crippen molar-refractivity contribution in [2.75, 3.05) is 6.61 Å². The van der Waals surface area contributed by atoms with Crippen molar-refractivity contribution in [3.8, 4) is 0 Å². The summed E-state index contributed by atoms with van der Waals surface area (Å²) < 4.78 is 4.99. The molecule has 1 fully saturated rings. The van der Waals surface area contributed by atoms with Gasteiger partial charge in [0.15, 0.2) is 0 Å². The lowest BCUT2D eigenvalue weighted by Gasteiger charge is -2.16. The first-order valence-corrected chi connectivity index (χ1v) is 4.44. The quantitative estimate of drug-likeness (QED) is 0.648. The normalized spacial score (nSPS) is 35.2. The van der Waals surface area contributed by atoms with Crippen molar-refractivity contribution in [2.24, 2.45) is 5.41 Å². The van der Waals surface area contributed by atoms with Crippen LogP contribution < -0.4 is 0 Å². The number of hydrogen-bond donors (Lipinski definition) is 1. The maximum atomic E-state index is 11.3. The van der Waals surface area contributed by atoms with Crippen LogP contribution in [0, 0.1) is 5.41 Å². The van der Waals surface area contributed by atoms with Crippen molar-refractivity contribution in [2.45, 2.75) is 39.2 Å². The number of hydrogen-bond acceptors (Lipinski definition) is 3. The van der Waals surface area contributed by atoms with Crippen molar-refractivity contribution in [3.05, 3.63) is 0 Å². The average molecular weight is 172 g/mol. The monoisotopic (exact) mass is 172 g/mol. The summed E-state index contributed by atoms with van der Waals surface area (Å²) in [5.74, 6) is -0.150. The molecule has 1 N–H and O–H groups in total. The molecular weight excluding hydrogens is 156 g/mol. The summed E-state index contributed by atoms with van der Waals surface area (Å²) in [5, 5.41) is 8.81. The van der Waals surface area contributed by atoms with Crippen molar-refractivity contribution < 1.29 is 14.6 Å². The SMILES string of the molecule is CCCC1(C)CC(CO)OC1=O. The number of ether oxygens (including phenoxy) is 1. The smallest absolute Gasteiger partial charge is 0.312 e. The van der Waals surface area contributed by atoms with E-state index >= 15 is 0 Å². The van der Waals surface area contributed by atoms with E-state index in [4.69, 9.17) is 9.84 Å². The van der Waals surface area contributed by atoms with Gasteiger partial charge in [-0.05, 0) is 13.3 Å². The molecule has 3 nitrogen and oxygen atoms in total. The number of aliphatic hydroxyl groups is 1. The lowest BCUT2D eigenvalue weighted by atomic mass is 9.83. The number of carbonyl (C=O) groups excluding carboxylic acids is 1. The highest BCUT2D eigenvalue weighted by Gasteiger charge is 2.43. The number of esters is 1. The Balaban J connectivity index is 2.61. The third-order valence-electron chi connectivity index (χ3n) is 2.45. The summed E-state index contributed by atoms with van der Waals surface area (Å²) in [6.07, 6.45) is 2.22. The summed E-state index contributed by atoms with van der Waals surface area (Å²) in [6.45, 7) is 3.91. The summed E-state index contributed by atoms with van der Waals surface area (Å²) >= 11 is 0. The van der Waals surface area contributed by atoms with Gasteiger partial charge >= 0.3 is 5.97 Å². The van der Waals surface area contributed by atoms with Crippen LogP contribution in [0.4, 0.5) is 0 Å². The Bertz CT molecular complexity index is 179. The lowest BCUT2D eigenvalue weighted by molar-refractivity contribution is -0.149. The molecule has 0 aromatic carbocycles. The first-order valence-electron chi connectivity index (χ1n) is 4.44. The summed E-state index contributed by atoms with van der Waals surface area (Å²) in [4.78, 5) is 11.3. The Labute approximate surface area is 72.7 Å². The van der Waals surface area contributed by atoms with Crippen molar-refractivity contribution in [1.29, 1.82) is 0 Å². The molecule has 0 aromatic heterocycles. The van der Waals surface area contributed by atoms with Gasteiger partial charge in [0, 0.05) is 6.42 Å². The van der Waals surface area contributed by atoms with Gasteiger partial charge in [-0.25, -0.2) is 0 Å². The lowest BCUT2D eigenvalue weighted by Crippen LogP contribution is -2.21. The molecule has 1 rings (SSSR count). The van der Waals surface area contributed by atoms with Gasteiger partial charge in [0.2, 0.25) is 0 Å². The van der Waals surface area contributed by atoms with E-state index < -0.39 is 0 Å². The van der Waals surface area contributed by atoms with Crippen LogP contribution in [0.1, 0.15) is 33.1 Å². The molecule has 0 bridgehead atoms. The minimum atomic E-state index is -0.345. The Morgan fingerprint density at radius 2 is 2.42 bits per heavy atom. The zero-order valence-electron chi connectivity index (χ0n) is 7.67. The van der Waals surface area contributed by atoms with Gasteiger partial charge in [0.25, 0.3) is 0 Å². The molecule has 12 heavy (non-hydrogen) atoms. The van der Waals surface area contributed by atoms with E-state index in [9.17, 15) is 4.79 Å². The molecule has 0 saturated carbocycles. The topological polar surface area (TPSA) is 46.5 Å². The summed E-state index contributed by atoms with van der Waals surface area (Å²) in [7, 11) is 0. The van der Waals surface area contributed by atoms with Gasteiger partial charge < -0.3 is 9.84 Å². The molecule has 1 aliphatic rings. The van der Waals surface area contributed by atoms with Crippen molar-refractivity contribution >= 4 is 5.97 Å². The van der Waals surface area contributed by atoms with Crippen LogP contribution in [-0.2, 0) is 9.53 Å². The first-order chi connectivity index (χ1) is 5.62. The molecule has 0 spiro atoms. The van der Waals surface area contributed by atoms with Crippen LogP contribution in [0.15, 0.2) is 0 Å². The van der Waals surface area contributed by atoms with E-state index in [1.54, 1.807) is 0 Å². The predicted molar refractivity (Wildman–Crippen MR) is 44.6 cm³/mol. The van der Waals surface area contributed by atoms with E-state index in [-0.39, 0.29) is 24.1 Å². The zero-order chi connectivity index (χ0) is 9.19. The zero-order valence-corrected chi connectivity index (χ0v) is 7.67. The van der Waals surface area contributed by atoms with Gasteiger partial charge in [0.1, 0.15) is 6.10 Å². The summed E-state index contributed by atoms with van der Waals surface area (Å²) in [6, 6.07) is 0. The molecule has 1 aliphatic heterocycles. The van der Waals surface area contributed by atoms with Gasteiger partial charge in [-0.3, -0.25) is 4.79 Å². The third kappa shape index (κ3) is 1.61. The molecule has 0 radical (unpaired) electrons. The number of aliphatic hydroxyl groups excluding tert-OH is 1. The molecule has 0 aromatic rings. The molecule has 2 unspecified atom stereocenters. The standard InChI is InChI=1S/C9H16O3/c1-3-4-9(2)5-7(6-10)12-8(9)11/h7,10H,3-6H2,1-2H3. The molecule has 0 aliphatic carbocycles. The Morgan fingerprint density at radius 1 is 1.75 bits per heavy atom. The van der Waals surface area contributed by atoms with Crippen LogP contribution in [0.25, 0.3) is 0 Å². The second kappa shape index (κ2) is 3.44. The summed E-state index contributed by atoms with van der Waals surface area (Å²) in [5.41, 5.74) is -0.345. The van der Waals surface area contributed by atoms with E-state index in [2.05, 4.69) is 0 Å². The van der Waals surface area contributed by atoms with Crippen LogP contribution in [0.2, 0.25) is 0 Å². The predicted octanol–water partition coefficient (Wildman–Crippen LogP) is 1.10. The van der Waals surface area contributed by atoms with Crippen molar-refractivity contribution in [3.63, 3.8) is 0 Å². The minimum absolute atomic E-state index is 0.0506. The molecule has 1 saturated heterocycles. The minimum Gasteiger partial charge on any atom is -0.459 e. The second-order valence-corrected chi connectivity index (χ2v) is 3.72. The van der Waals surface area contributed by atoms with Crippen LogP contribution >= 0.6 is 0 Å². The fourth-order valence-electron chi connectivity index (χ4n) is 1.78. The van der Waals surface area contributed by atoms with E-state index in [1.165, 1.54) is 0 Å². The highest BCUT2D eigenvalue weighted by Crippen LogP contribution is 2.37. The van der Waals surface area contributed by atoms with Gasteiger partial charge in [0.05, 0.1) is 12.0 Å². The molecular formula is C9H16O3. The fourth-order valence-corrected chi connectivity index (χ4v) is 1.78. The van der Waals surface area contributed by atoms with Gasteiger partial charge in [-0.2, -0.15) is 0 Å². The van der Waals surface area contributed by atoms with E-state index in [1.807, 2.05) is 13.8 Å². The third-order valence-corrected chi connectivity index (χ3v) is 2.45. The Morgan fingerprint density at radius 3 is 2.83 bits per heavy atom. The number of cyclic esters (lactones) is 1. The maximum Gasteiger partial charge on any atom is 0.312 e. The maximum absolute atomic E-state index is 11.3. The van der Waals surface area contributed by atoms with Gasteiger partial charge in [-0.15, -0.1) is 0 Å². The van der Waals surface area contributed by atoms with Crippen molar-refractivity contribution in [1.82, 2.24) is 0 Å².